The first kappa shape index (κ1) is 16.6. The zero-order valence-corrected chi connectivity index (χ0v) is 15.5. The van der Waals surface area contributed by atoms with Gasteiger partial charge in [0.25, 0.3) is 0 Å². The van der Waals surface area contributed by atoms with Gasteiger partial charge < -0.3 is 14.7 Å². The van der Waals surface area contributed by atoms with Crippen molar-refractivity contribution in [2.45, 2.75) is 6.42 Å². The van der Waals surface area contributed by atoms with E-state index < -0.39 is 0 Å². The number of aromatic amines is 1. The summed E-state index contributed by atoms with van der Waals surface area (Å²) in [4.78, 5) is 13.2. The number of morpholine rings is 1. The van der Waals surface area contributed by atoms with E-state index in [0.717, 1.165) is 50.5 Å². The number of aromatic nitrogens is 4. The lowest BCUT2D eigenvalue weighted by Crippen LogP contribution is -2.36. The Kier molecular flexibility index (Phi) is 4.23. The molecule has 0 amide bonds. The van der Waals surface area contributed by atoms with Gasteiger partial charge in [0.05, 0.1) is 35.1 Å². The highest BCUT2D eigenvalue weighted by Crippen LogP contribution is 2.35. The number of nitrogens with zero attached hydrogens (tertiary/aromatic N) is 4. The van der Waals surface area contributed by atoms with E-state index in [1.54, 1.807) is 11.3 Å². The van der Waals surface area contributed by atoms with E-state index in [1.807, 2.05) is 24.4 Å². The minimum atomic E-state index is 0.133. The molecule has 0 radical (unpaired) electrons. The van der Waals surface area contributed by atoms with E-state index in [2.05, 4.69) is 21.2 Å². The van der Waals surface area contributed by atoms with Gasteiger partial charge in [-0.2, -0.15) is 5.10 Å². The number of benzene rings is 1. The molecule has 27 heavy (non-hydrogen) atoms. The Bertz CT molecular complexity index is 1100. The van der Waals surface area contributed by atoms with Crippen LogP contribution in [0.5, 0.6) is 0 Å². The normalized spacial score (nSPS) is 15.1. The van der Waals surface area contributed by atoms with Crippen molar-refractivity contribution in [2.24, 2.45) is 0 Å². The lowest BCUT2D eigenvalue weighted by molar-refractivity contribution is 0.122. The Balaban J connectivity index is 1.71. The number of fused-ring (bicyclic) bond motifs is 2. The van der Waals surface area contributed by atoms with Crippen molar-refractivity contribution < 1.29 is 9.84 Å². The van der Waals surface area contributed by atoms with Crippen LogP contribution in [0.15, 0.2) is 30.5 Å². The van der Waals surface area contributed by atoms with Crippen molar-refractivity contribution in [1.29, 1.82) is 0 Å². The van der Waals surface area contributed by atoms with E-state index in [0.29, 0.717) is 25.5 Å². The Hall–Kier alpha value is -2.55. The first-order valence-electron chi connectivity index (χ1n) is 9.00. The van der Waals surface area contributed by atoms with Gasteiger partial charge in [-0.3, -0.25) is 5.10 Å². The van der Waals surface area contributed by atoms with Crippen molar-refractivity contribution in [3.05, 3.63) is 35.3 Å². The molecule has 0 aliphatic carbocycles. The van der Waals surface area contributed by atoms with Crippen LogP contribution in [-0.2, 0) is 11.2 Å². The van der Waals surface area contributed by atoms with Gasteiger partial charge in [0, 0.05) is 41.9 Å². The minimum absolute atomic E-state index is 0.133. The van der Waals surface area contributed by atoms with E-state index in [1.165, 1.54) is 0 Å². The van der Waals surface area contributed by atoms with Gasteiger partial charge in [0.2, 0.25) is 0 Å². The van der Waals surface area contributed by atoms with Crippen LogP contribution in [0, 0.1) is 0 Å². The Labute approximate surface area is 159 Å². The Morgan fingerprint density at radius 1 is 1.22 bits per heavy atom. The predicted octanol–water partition coefficient (Wildman–Crippen LogP) is 2.61. The van der Waals surface area contributed by atoms with Crippen LogP contribution in [0.1, 0.15) is 4.88 Å². The fourth-order valence-corrected chi connectivity index (χ4v) is 4.57. The molecule has 4 aromatic rings. The molecular weight excluding hydrogens is 362 g/mol. The topological polar surface area (TPSA) is 87.2 Å². The summed E-state index contributed by atoms with van der Waals surface area (Å²) < 4.78 is 6.58. The largest absolute Gasteiger partial charge is 0.396 e. The number of rotatable bonds is 4. The molecule has 0 spiro atoms. The summed E-state index contributed by atoms with van der Waals surface area (Å²) in [7, 11) is 0. The SMILES string of the molecule is OCCc1cc2nc(-c3cccc4[nH]ncc34)nc(N3CCOCC3)c2s1. The average molecular weight is 381 g/mol. The molecule has 2 N–H and O–H groups in total. The van der Waals surface area contributed by atoms with Crippen molar-refractivity contribution in [3.8, 4) is 11.4 Å². The minimum Gasteiger partial charge on any atom is -0.396 e. The molecule has 4 heterocycles. The maximum Gasteiger partial charge on any atom is 0.162 e. The summed E-state index contributed by atoms with van der Waals surface area (Å²) >= 11 is 1.67. The summed E-state index contributed by atoms with van der Waals surface area (Å²) in [6.07, 6.45) is 2.45. The van der Waals surface area contributed by atoms with Crippen LogP contribution in [-0.4, -0.2) is 58.2 Å². The summed E-state index contributed by atoms with van der Waals surface area (Å²) in [6.45, 7) is 3.16. The van der Waals surface area contributed by atoms with Crippen molar-refractivity contribution in [1.82, 2.24) is 20.2 Å². The van der Waals surface area contributed by atoms with Crippen LogP contribution < -0.4 is 4.90 Å². The summed E-state index contributed by atoms with van der Waals surface area (Å²) in [5.74, 6) is 1.65. The van der Waals surface area contributed by atoms with E-state index in [4.69, 9.17) is 14.7 Å². The van der Waals surface area contributed by atoms with Gasteiger partial charge in [-0.25, -0.2) is 9.97 Å². The molecule has 0 bridgehead atoms. The first-order valence-corrected chi connectivity index (χ1v) is 9.81. The standard InChI is InChI=1S/C19H19N5O2S/c25-7-4-12-10-16-17(27-12)19(24-5-8-26-9-6-24)22-18(21-16)13-2-1-3-15-14(13)11-20-23-15/h1-3,10-11,25H,4-9H2,(H,20,23). The second-order valence-corrected chi connectivity index (χ2v) is 7.64. The van der Waals surface area contributed by atoms with Crippen molar-refractivity contribution in [2.75, 3.05) is 37.8 Å². The molecule has 1 aliphatic heterocycles. The number of anilines is 1. The molecule has 7 nitrogen and oxygen atoms in total. The number of thiophene rings is 1. The van der Waals surface area contributed by atoms with Gasteiger partial charge in [0.1, 0.15) is 0 Å². The third-order valence-electron chi connectivity index (χ3n) is 4.80. The molecule has 1 fully saturated rings. The number of nitrogens with one attached hydrogen (secondary N) is 1. The molecule has 1 aliphatic rings. The molecule has 0 saturated carbocycles. The van der Waals surface area contributed by atoms with Gasteiger partial charge in [-0.1, -0.05) is 12.1 Å². The van der Waals surface area contributed by atoms with Gasteiger partial charge in [0.15, 0.2) is 11.6 Å². The third kappa shape index (κ3) is 2.95. The molecule has 138 valence electrons. The number of aliphatic hydroxyl groups is 1. The molecule has 8 heteroatoms. The molecule has 3 aromatic heterocycles. The molecule has 0 atom stereocenters. The number of ether oxygens (including phenoxy) is 1. The summed E-state index contributed by atoms with van der Waals surface area (Å²) in [5, 5.41) is 17.5. The molecule has 1 aromatic carbocycles. The van der Waals surface area contributed by atoms with Crippen LogP contribution in [0.3, 0.4) is 0 Å². The van der Waals surface area contributed by atoms with Crippen molar-refractivity contribution in [3.63, 3.8) is 0 Å². The molecular formula is C19H19N5O2S. The molecule has 0 unspecified atom stereocenters. The quantitative estimate of drug-likeness (QED) is 0.565. The highest BCUT2D eigenvalue weighted by molar-refractivity contribution is 7.19. The summed E-state index contributed by atoms with van der Waals surface area (Å²) in [6, 6.07) is 8.09. The van der Waals surface area contributed by atoms with Gasteiger partial charge in [-0.15, -0.1) is 11.3 Å². The lowest BCUT2D eigenvalue weighted by Gasteiger charge is -2.28. The number of hydrogen-bond acceptors (Lipinski definition) is 7. The Morgan fingerprint density at radius 3 is 2.96 bits per heavy atom. The van der Waals surface area contributed by atoms with Crippen LogP contribution in [0.2, 0.25) is 0 Å². The number of hydrogen-bond donors (Lipinski definition) is 2. The zero-order valence-electron chi connectivity index (χ0n) is 14.7. The maximum atomic E-state index is 9.32. The maximum absolute atomic E-state index is 9.32. The fourth-order valence-electron chi connectivity index (χ4n) is 3.47. The second-order valence-electron chi connectivity index (χ2n) is 6.51. The Morgan fingerprint density at radius 2 is 2.11 bits per heavy atom. The fraction of sp³-hybridized carbons (Fsp3) is 0.316. The second kappa shape index (κ2) is 6.88. The zero-order chi connectivity index (χ0) is 18.2. The summed E-state index contributed by atoms with van der Waals surface area (Å²) in [5.41, 5.74) is 2.86. The average Bonchev–Trinajstić information content (AvgIpc) is 3.34. The van der Waals surface area contributed by atoms with Crippen LogP contribution >= 0.6 is 11.3 Å². The number of H-pyrrole nitrogens is 1. The van der Waals surface area contributed by atoms with Crippen LogP contribution in [0.25, 0.3) is 32.5 Å². The molecule has 5 rings (SSSR count). The van der Waals surface area contributed by atoms with Crippen LogP contribution in [0.4, 0.5) is 5.82 Å². The lowest BCUT2D eigenvalue weighted by atomic mass is 10.1. The van der Waals surface area contributed by atoms with Gasteiger partial charge in [-0.05, 0) is 12.1 Å². The van der Waals surface area contributed by atoms with Crippen molar-refractivity contribution >= 4 is 38.3 Å². The smallest absolute Gasteiger partial charge is 0.162 e. The van der Waals surface area contributed by atoms with E-state index in [9.17, 15) is 5.11 Å². The number of aliphatic hydroxyl groups excluding tert-OH is 1. The van der Waals surface area contributed by atoms with E-state index >= 15 is 0 Å². The van der Waals surface area contributed by atoms with Gasteiger partial charge >= 0.3 is 0 Å². The monoisotopic (exact) mass is 381 g/mol. The molecule has 1 saturated heterocycles. The predicted molar refractivity (Wildman–Crippen MR) is 106 cm³/mol. The highest BCUT2D eigenvalue weighted by Gasteiger charge is 2.20. The third-order valence-corrected chi connectivity index (χ3v) is 5.98. The first-order chi connectivity index (χ1) is 13.3. The van der Waals surface area contributed by atoms with E-state index in [-0.39, 0.29) is 6.61 Å². The highest BCUT2D eigenvalue weighted by atomic mass is 32.1.